The van der Waals surface area contributed by atoms with Gasteiger partial charge in [0.05, 0.1) is 12.8 Å². The van der Waals surface area contributed by atoms with E-state index in [1.165, 1.54) is 5.56 Å². The molecule has 1 aromatic heterocycles. The maximum absolute atomic E-state index is 12.8. The quantitative estimate of drug-likeness (QED) is 0.599. The molecule has 2 heterocycles. The molecule has 0 atom stereocenters. The first-order valence-electron chi connectivity index (χ1n) is 11.0. The summed E-state index contributed by atoms with van der Waals surface area (Å²) in [5, 5.41) is 0. The standard InChI is InChI=1S/C25H29N5O3/c1-28(17-19-6-4-3-5-7-19)18-21-16-23(31)27-25(26-21)30-14-12-29(13-15-30)24(32)20-8-10-22(33-2)11-9-20/h3-11,16H,12-15,17-18H2,1-2H3,(H,26,27,31). The third-order valence-corrected chi connectivity index (χ3v) is 5.71. The molecule has 8 nitrogen and oxygen atoms in total. The zero-order valence-electron chi connectivity index (χ0n) is 19.0. The van der Waals surface area contributed by atoms with E-state index in [-0.39, 0.29) is 11.5 Å². The molecule has 1 fully saturated rings. The van der Waals surface area contributed by atoms with Crippen LogP contribution in [0, 0.1) is 0 Å². The first kappa shape index (κ1) is 22.5. The van der Waals surface area contributed by atoms with E-state index in [1.807, 2.05) is 35.0 Å². The van der Waals surface area contributed by atoms with Gasteiger partial charge in [-0.25, -0.2) is 4.98 Å². The molecule has 0 aliphatic carbocycles. The van der Waals surface area contributed by atoms with Gasteiger partial charge in [0.1, 0.15) is 5.75 Å². The number of nitrogens with one attached hydrogen (secondary N) is 1. The lowest BCUT2D eigenvalue weighted by Gasteiger charge is -2.35. The molecule has 0 saturated carbocycles. The fourth-order valence-electron chi connectivity index (χ4n) is 3.99. The highest BCUT2D eigenvalue weighted by Gasteiger charge is 2.23. The van der Waals surface area contributed by atoms with E-state index >= 15 is 0 Å². The van der Waals surface area contributed by atoms with Crippen LogP contribution in [-0.4, -0.2) is 66.0 Å². The topological polar surface area (TPSA) is 81.8 Å². The molecule has 1 N–H and O–H groups in total. The molecule has 1 saturated heterocycles. The SMILES string of the molecule is COc1ccc(C(=O)N2CCN(c3nc(CN(C)Cc4ccccc4)cc(=O)[nH]3)CC2)cc1. The van der Waals surface area contributed by atoms with Crippen LogP contribution in [0.25, 0.3) is 0 Å². The van der Waals surface area contributed by atoms with Gasteiger partial charge in [0, 0.05) is 50.9 Å². The zero-order valence-corrected chi connectivity index (χ0v) is 19.0. The molecule has 1 amide bonds. The van der Waals surface area contributed by atoms with Crippen molar-refractivity contribution in [3.63, 3.8) is 0 Å². The van der Waals surface area contributed by atoms with Gasteiger partial charge < -0.3 is 14.5 Å². The van der Waals surface area contributed by atoms with Crippen molar-refractivity contribution < 1.29 is 9.53 Å². The van der Waals surface area contributed by atoms with Gasteiger partial charge in [-0.3, -0.25) is 19.5 Å². The average molecular weight is 448 g/mol. The van der Waals surface area contributed by atoms with Gasteiger partial charge in [-0.15, -0.1) is 0 Å². The normalized spacial score (nSPS) is 13.9. The predicted octanol–water partition coefficient (Wildman–Crippen LogP) is 2.37. The number of rotatable bonds is 7. The number of hydrogen-bond donors (Lipinski definition) is 1. The minimum atomic E-state index is -0.167. The van der Waals surface area contributed by atoms with Gasteiger partial charge in [-0.1, -0.05) is 30.3 Å². The highest BCUT2D eigenvalue weighted by atomic mass is 16.5. The van der Waals surface area contributed by atoms with Crippen molar-refractivity contribution in [2.24, 2.45) is 0 Å². The summed E-state index contributed by atoms with van der Waals surface area (Å²) >= 11 is 0. The Bertz CT molecular complexity index is 1120. The van der Waals surface area contributed by atoms with Crippen LogP contribution in [0.2, 0.25) is 0 Å². The molecule has 0 radical (unpaired) electrons. The summed E-state index contributed by atoms with van der Waals surface area (Å²) in [5.74, 6) is 1.28. The number of H-pyrrole nitrogens is 1. The second kappa shape index (κ2) is 10.3. The van der Waals surface area contributed by atoms with Gasteiger partial charge in [0.15, 0.2) is 0 Å². The van der Waals surface area contributed by atoms with Crippen LogP contribution in [0.15, 0.2) is 65.5 Å². The first-order valence-corrected chi connectivity index (χ1v) is 11.0. The highest BCUT2D eigenvalue weighted by Crippen LogP contribution is 2.16. The Hall–Kier alpha value is -3.65. The smallest absolute Gasteiger partial charge is 0.253 e. The summed E-state index contributed by atoms with van der Waals surface area (Å²) in [4.78, 5) is 38.6. The summed E-state index contributed by atoms with van der Waals surface area (Å²) in [6.07, 6.45) is 0. The Kier molecular flexibility index (Phi) is 7.04. The van der Waals surface area contributed by atoms with Crippen molar-refractivity contribution in [2.75, 3.05) is 45.2 Å². The van der Waals surface area contributed by atoms with Crippen molar-refractivity contribution in [1.82, 2.24) is 19.8 Å². The van der Waals surface area contributed by atoms with Gasteiger partial charge in [-0.2, -0.15) is 0 Å². The minimum absolute atomic E-state index is 0.00459. The molecular weight excluding hydrogens is 418 g/mol. The fraction of sp³-hybridized carbons (Fsp3) is 0.320. The number of nitrogens with zero attached hydrogens (tertiary/aromatic N) is 4. The summed E-state index contributed by atoms with van der Waals surface area (Å²) in [6, 6.07) is 18.9. The Balaban J connectivity index is 1.37. The highest BCUT2D eigenvalue weighted by molar-refractivity contribution is 5.94. The second-order valence-corrected chi connectivity index (χ2v) is 8.23. The molecule has 1 aliphatic heterocycles. The van der Waals surface area contributed by atoms with Gasteiger partial charge in [0.25, 0.3) is 11.5 Å². The molecule has 0 spiro atoms. The van der Waals surface area contributed by atoms with E-state index in [0.29, 0.717) is 44.2 Å². The molecule has 0 unspecified atom stereocenters. The maximum Gasteiger partial charge on any atom is 0.253 e. The number of hydrogen-bond acceptors (Lipinski definition) is 6. The van der Waals surface area contributed by atoms with E-state index in [2.05, 4.69) is 22.0 Å². The van der Waals surface area contributed by atoms with Crippen molar-refractivity contribution in [2.45, 2.75) is 13.1 Å². The molecule has 33 heavy (non-hydrogen) atoms. The molecule has 8 heteroatoms. The lowest BCUT2D eigenvalue weighted by molar-refractivity contribution is 0.0746. The van der Waals surface area contributed by atoms with Crippen LogP contribution in [0.3, 0.4) is 0 Å². The van der Waals surface area contributed by atoms with Crippen LogP contribution in [0.5, 0.6) is 5.75 Å². The van der Waals surface area contributed by atoms with E-state index in [1.54, 1.807) is 37.4 Å². The maximum atomic E-state index is 12.8. The number of carbonyl (C=O) groups excluding carboxylic acids is 1. The van der Waals surface area contributed by atoms with Crippen LogP contribution in [0.4, 0.5) is 5.95 Å². The minimum Gasteiger partial charge on any atom is -0.497 e. The molecule has 0 bridgehead atoms. The van der Waals surface area contributed by atoms with E-state index in [4.69, 9.17) is 9.72 Å². The largest absolute Gasteiger partial charge is 0.497 e. The number of piperazine rings is 1. The number of carbonyl (C=O) groups is 1. The summed E-state index contributed by atoms with van der Waals surface area (Å²) < 4.78 is 5.16. The lowest BCUT2D eigenvalue weighted by atomic mass is 10.1. The number of amides is 1. The van der Waals surface area contributed by atoms with E-state index in [9.17, 15) is 9.59 Å². The van der Waals surface area contributed by atoms with E-state index in [0.717, 1.165) is 18.0 Å². The Labute approximate surface area is 193 Å². The van der Waals surface area contributed by atoms with Crippen LogP contribution < -0.4 is 15.2 Å². The van der Waals surface area contributed by atoms with Crippen molar-refractivity contribution in [3.8, 4) is 5.75 Å². The van der Waals surface area contributed by atoms with Crippen LogP contribution >= 0.6 is 0 Å². The Morgan fingerprint density at radius 2 is 1.73 bits per heavy atom. The second-order valence-electron chi connectivity index (χ2n) is 8.23. The monoisotopic (exact) mass is 447 g/mol. The van der Waals surface area contributed by atoms with Crippen molar-refractivity contribution in [3.05, 3.63) is 87.8 Å². The average Bonchev–Trinajstić information content (AvgIpc) is 2.84. The Morgan fingerprint density at radius 1 is 1.03 bits per heavy atom. The molecule has 3 aromatic rings. The number of aromatic nitrogens is 2. The summed E-state index contributed by atoms with van der Waals surface area (Å²) in [5.41, 5.74) is 2.41. The predicted molar refractivity (Wildman–Crippen MR) is 128 cm³/mol. The third-order valence-electron chi connectivity index (χ3n) is 5.71. The number of methoxy groups -OCH3 is 1. The third kappa shape index (κ3) is 5.78. The van der Waals surface area contributed by atoms with Crippen molar-refractivity contribution in [1.29, 1.82) is 0 Å². The first-order chi connectivity index (χ1) is 16.0. The molecule has 2 aromatic carbocycles. The van der Waals surface area contributed by atoms with E-state index < -0.39 is 0 Å². The number of benzene rings is 2. The van der Waals surface area contributed by atoms with Gasteiger partial charge in [-0.05, 0) is 36.9 Å². The van der Waals surface area contributed by atoms with Crippen molar-refractivity contribution >= 4 is 11.9 Å². The summed E-state index contributed by atoms with van der Waals surface area (Å²) in [6.45, 7) is 3.68. The van der Waals surface area contributed by atoms with Gasteiger partial charge in [0.2, 0.25) is 5.95 Å². The zero-order chi connectivity index (χ0) is 23.2. The number of ether oxygens (including phenoxy) is 1. The van der Waals surface area contributed by atoms with Crippen LogP contribution in [-0.2, 0) is 13.1 Å². The van der Waals surface area contributed by atoms with Gasteiger partial charge >= 0.3 is 0 Å². The van der Waals surface area contributed by atoms with Crippen LogP contribution in [0.1, 0.15) is 21.6 Å². The Morgan fingerprint density at radius 3 is 2.39 bits per heavy atom. The lowest BCUT2D eigenvalue weighted by Crippen LogP contribution is -2.49. The number of aromatic amines is 1. The molecule has 1 aliphatic rings. The summed E-state index contributed by atoms with van der Waals surface area (Å²) in [7, 11) is 3.61. The molecule has 172 valence electrons. The fourth-order valence-corrected chi connectivity index (χ4v) is 3.99. The molecule has 4 rings (SSSR count). The number of anilines is 1. The molecular formula is C25H29N5O3.